The summed E-state index contributed by atoms with van der Waals surface area (Å²) in [6.45, 7) is 2.05. The summed E-state index contributed by atoms with van der Waals surface area (Å²) in [6, 6.07) is 17.9. The normalized spacial score (nSPS) is 19.5. The molecule has 2 N–H and O–H groups in total. The number of nitrogens with zero attached hydrogens (tertiary/aromatic N) is 2. The fraction of sp³-hybridized carbons (Fsp3) is 0.200. The van der Waals surface area contributed by atoms with Crippen LogP contribution in [0.15, 0.2) is 60.8 Å². The lowest BCUT2D eigenvalue weighted by Gasteiger charge is -2.28. The molecule has 0 bridgehead atoms. The molecule has 0 radical (unpaired) electrons. The molecule has 5 nitrogen and oxygen atoms in total. The van der Waals surface area contributed by atoms with Gasteiger partial charge < -0.3 is 19.9 Å². The number of ether oxygens (including phenoxy) is 1. The lowest BCUT2D eigenvalue weighted by atomic mass is 10.0. The molecule has 1 aromatic carbocycles. The van der Waals surface area contributed by atoms with Crippen molar-refractivity contribution in [1.29, 1.82) is 0 Å². The van der Waals surface area contributed by atoms with E-state index in [0.717, 1.165) is 28.5 Å². The summed E-state index contributed by atoms with van der Waals surface area (Å²) < 4.78 is 5.58. The van der Waals surface area contributed by atoms with Crippen LogP contribution in [0.3, 0.4) is 0 Å². The third-order valence-electron chi connectivity index (χ3n) is 4.62. The fourth-order valence-corrected chi connectivity index (χ4v) is 3.80. The van der Waals surface area contributed by atoms with Gasteiger partial charge in [0.1, 0.15) is 11.8 Å². The highest BCUT2D eigenvalue weighted by Gasteiger charge is 2.42. The molecule has 1 aliphatic rings. The first-order valence-electron chi connectivity index (χ1n) is 8.48. The largest absolute Gasteiger partial charge is 0.495 e. The van der Waals surface area contributed by atoms with Gasteiger partial charge >= 0.3 is 0 Å². The zero-order valence-corrected chi connectivity index (χ0v) is 15.5. The van der Waals surface area contributed by atoms with Crippen LogP contribution < -0.4 is 15.0 Å². The lowest BCUT2D eigenvalue weighted by Crippen LogP contribution is -2.29. The summed E-state index contributed by atoms with van der Waals surface area (Å²) in [5.74, 6) is 0.784. The molecule has 0 saturated carbocycles. The van der Waals surface area contributed by atoms with E-state index in [4.69, 9.17) is 17.0 Å². The number of nitrogens with one attached hydrogen (secondary N) is 2. The lowest BCUT2D eigenvalue weighted by molar-refractivity contribution is 0.414. The van der Waals surface area contributed by atoms with Gasteiger partial charge in [0.2, 0.25) is 0 Å². The van der Waals surface area contributed by atoms with Crippen LogP contribution in [0.1, 0.15) is 29.2 Å². The number of aryl methyl sites for hydroxylation is 1. The number of hydrogen-bond acceptors (Lipinski definition) is 3. The second-order valence-corrected chi connectivity index (χ2v) is 6.65. The van der Waals surface area contributed by atoms with Crippen LogP contribution >= 0.6 is 12.2 Å². The van der Waals surface area contributed by atoms with E-state index in [1.54, 1.807) is 7.11 Å². The predicted octanol–water partition coefficient (Wildman–Crippen LogP) is 3.90. The van der Waals surface area contributed by atoms with E-state index in [1.807, 2.05) is 55.6 Å². The molecule has 132 valence electrons. The maximum absolute atomic E-state index is 5.71. The van der Waals surface area contributed by atoms with Crippen molar-refractivity contribution in [2.45, 2.75) is 19.0 Å². The maximum Gasteiger partial charge on any atom is 0.174 e. The van der Waals surface area contributed by atoms with Crippen molar-refractivity contribution in [3.8, 4) is 5.75 Å². The van der Waals surface area contributed by atoms with Crippen molar-refractivity contribution in [2.24, 2.45) is 0 Å². The zero-order chi connectivity index (χ0) is 18.1. The molecule has 1 saturated heterocycles. The maximum atomic E-state index is 5.71. The zero-order valence-electron chi connectivity index (χ0n) is 14.6. The molecule has 0 spiro atoms. The van der Waals surface area contributed by atoms with Crippen LogP contribution in [0.5, 0.6) is 5.75 Å². The molecule has 0 amide bonds. The molecular formula is C20H20N4OS. The summed E-state index contributed by atoms with van der Waals surface area (Å²) in [4.78, 5) is 10.1. The minimum atomic E-state index is -0.0633. The Labute approximate surface area is 158 Å². The van der Waals surface area contributed by atoms with Gasteiger partial charge in [-0.25, -0.2) is 0 Å². The van der Waals surface area contributed by atoms with E-state index in [9.17, 15) is 0 Å². The van der Waals surface area contributed by atoms with E-state index in [2.05, 4.69) is 32.3 Å². The first-order chi connectivity index (χ1) is 12.7. The Morgan fingerprint density at radius 3 is 2.58 bits per heavy atom. The summed E-state index contributed by atoms with van der Waals surface area (Å²) in [5.41, 5.74) is 4.07. The number of anilines is 1. The Hall–Kier alpha value is -2.86. The number of pyridine rings is 1. The van der Waals surface area contributed by atoms with Gasteiger partial charge in [-0.2, -0.15) is 0 Å². The smallest absolute Gasteiger partial charge is 0.174 e. The average Bonchev–Trinajstić information content (AvgIpc) is 3.25. The molecule has 2 aromatic heterocycles. The van der Waals surface area contributed by atoms with E-state index in [-0.39, 0.29) is 12.1 Å². The first-order valence-corrected chi connectivity index (χ1v) is 8.89. The standard InChI is InChI=1S/C20H20N4OS/c1-13-10-11-15(22-13)19-18(14-7-5-6-12-21-14)23-20(26)24(19)16-8-3-4-9-17(16)25-2/h3-12,18-19,22H,1-2H3,(H,23,26)/t18-,19+/m1/s1. The Kier molecular flexibility index (Phi) is 4.34. The van der Waals surface area contributed by atoms with Gasteiger partial charge in [0.25, 0.3) is 0 Å². The molecule has 3 heterocycles. The third kappa shape index (κ3) is 2.82. The molecule has 4 rings (SSSR count). The molecule has 1 aliphatic heterocycles. The molecule has 1 fully saturated rings. The minimum absolute atomic E-state index is 0.0533. The molecule has 2 atom stereocenters. The highest BCUT2D eigenvalue weighted by molar-refractivity contribution is 7.80. The van der Waals surface area contributed by atoms with Crippen molar-refractivity contribution in [2.75, 3.05) is 12.0 Å². The van der Waals surface area contributed by atoms with E-state index in [1.165, 1.54) is 0 Å². The molecular weight excluding hydrogens is 344 g/mol. The highest BCUT2D eigenvalue weighted by Crippen LogP contribution is 2.43. The summed E-state index contributed by atoms with van der Waals surface area (Å²) in [5, 5.41) is 4.10. The van der Waals surface area contributed by atoms with Crippen molar-refractivity contribution in [3.63, 3.8) is 0 Å². The second-order valence-electron chi connectivity index (χ2n) is 6.27. The first kappa shape index (κ1) is 16.6. The van der Waals surface area contributed by atoms with Crippen LogP contribution in [0.25, 0.3) is 0 Å². The van der Waals surface area contributed by atoms with Gasteiger partial charge in [-0.15, -0.1) is 0 Å². The summed E-state index contributed by atoms with van der Waals surface area (Å²) >= 11 is 5.71. The number of H-pyrrole nitrogens is 1. The van der Waals surface area contributed by atoms with Gasteiger partial charge in [-0.1, -0.05) is 18.2 Å². The van der Waals surface area contributed by atoms with Crippen LogP contribution in [0.4, 0.5) is 5.69 Å². The number of aromatic amines is 1. The van der Waals surface area contributed by atoms with E-state index >= 15 is 0 Å². The van der Waals surface area contributed by atoms with Crippen molar-refractivity contribution in [1.82, 2.24) is 15.3 Å². The molecule has 6 heteroatoms. The number of para-hydroxylation sites is 2. The number of rotatable bonds is 4. The Morgan fingerprint density at radius 2 is 1.88 bits per heavy atom. The SMILES string of the molecule is COc1ccccc1N1C(=S)N[C@H](c2ccccn2)[C@@H]1c1ccc(C)[nH]1. The minimum Gasteiger partial charge on any atom is -0.495 e. The number of aromatic nitrogens is 2. The quantitative estimate of drug-likeness (QED) is 0.688. The van der Waals surface area contributed by atoms with Gasteiger partial charge in [-0.3, -0.25) is 4.98 Å². The summed E-state index contributed by atoms with van der Waals surface area (Å²) in [6.07, 6.45) is 1.81. The number of hydrogen-bond donors (Lipinski definition) is 2. The number of methoxy groups -OCH3 is 1. The van der Waals surface area contributed by atoms with E-state index < -0.39 is 0 Å². The van der Waals surface area contributed by atoms with Gasteiger partial charge in [-0.05, 0) is 55.5 Å². The van der Waals surface area contributed by atoms with Crippen molar-refractivity contribution in [3.05, 3.63) is 77.9 Å². The van der Waals surface area contributed by atoms with Crippen LogP contribution in [-0.4, -0.2) is 22.2 Å². The monoisotopic (exact) mass is 364 g/mol. The second kappa shape index (κ2) is 6.80. The fourth-order valence-electron chi connectivity index (χ4n) is 3.46. The predicted molar refractivity (Wildman–Crippen MR) is 106 cm³/mol. The Morgan fingerprint density at radius 1 is 1.08 bits per heavy atom. The van der Waals surface area contributed by atoms with Gasteiger partial charge in [0.15, 0.2) is 5.11 Å². The van der Waals surface area contributed by atoms with Crippen molar-refractivity contribution < 1.29 is 4.74 Å². The Balaban J connectivity index is 1.85. The molecule has 0 aliphatic carbocycles. The van der Waals surface area contributed by atoms with Crippen molar-refractivity contribution >= 4 is 23.0 Å². The average molecular weight is 364 g/mol. The van der Waals surface area contributed by atoms with Crippen LogP contribution in [0, 0.1) is 6.92 Å². The number of thiocarbonyl (C=S) groups is 1. The van der Waals surface area contributed by atoms with Crippen LogP contribution in [0.2, 0.25) is 0 Å². The molecule has 26 heavy (non-hydrogen) atoms. The Bertz CT molecular complexity index is 924. The topological polar surface area (TPSA) is 53.2 Å². The summed E-state index contributed by atoms with van der Waals surface area (Å²) in [7, 11) is 1.68. The van der Waals surface area contributed by atoms with Gasteiger partial charge in [0.05, 0.1) is 24.5 Å². The number of benzene rings is 1. The highest BCUT2D eigenvalue weighted by atomic mass is 32.1. The third-order valence-corrected chi connectivity index (χ3v) is 4.93. The van der Waals surface area contributed by atoms with Gasteiger partial charge in [0, 0.05) is 17.6 Å². The van der Waals surface area contributed by atoms with E-state index in [0.29, 0.717) is 5.11 Å². The molecule has 3 aromatic rings. The van der Waals surface area contributed by atoms with Crippen LogP contribution in [-0.2, 0) is 0 Å². The molecule has 0 unspecified atom stereocenters.